The molecule has 0 unspecified atom stereocenters. The van der Waals surface area contributed by atoms with Crippen molar-refractivity contribution < 1.29 is 4.79 Å². The summed E-state index contributed by atoms with van der Waals surface area (Å²) < 4.78 is 1.56. The predicted octanol–water partition coefficient (Wildman–Crippen LogP) is 1.97. The van der Waals surface area contributed by atoms with Gasteiger partial charge in [-0.3, -0.25) is 14.5 Å². The highest BCUT2D eigenvalue weighted by Crippen LogP contribution is 2.16. The van der Waals surface area contributed by atoms with Crippen molar-refractivity contribution in [2.75, 3.05) is 16.4 Å². The summed E-state index contributed by atoms with van der Waals surface area (Å²) in [4.78, 5) is 20.7. The lowest BCUT2D eigenvalue weighted by Gasteiger charge is -2.09. The highest BCUT2D eigenvalue weighted by Gasteiger charge is 2.12. The second-order valence-corrected chi connectivity index (χ2v) is 5.57. The third kappa shape index (κ3) is 3.92. The highest BCUT2D eigenvalue weighted by molar-refractivity contribution is 6.03. The third-order valence-electron chi connectivity index (χ3n) is 3.61. The van der Waals surface area contributed by atoms with Crippen LogP contribution in [0.15, 0.2) is 42.7 Å². The standard InChI is InChI=1S/C17H19N7O/c1-11-8-15(24(2)23-11)17(25)22-12-5-7-19-13(9-12)10-21-14-4-3-6-20-16(14)18/h3-9,21H,10H2,1-2H3,(H2,18,20)(H,19,22,25). The fraction of sp³-hybridized carbons (Fsp3) is 0.176. The summed E-state index contributed by atoms with van der Waals surface area (Å²) in [7, 11) is 1.74. The lowest BCUT2D eigenvalue weighted by molar-refractivity contribution is 0.101. The van der Waals surface area contributed by atoms with E-state index in [1.54, 1.807) is 48.4 Å². The van der Waals surface area contributed by atoms with E-state index in [1.807, 2.05) is 13.0 Å². The van der Waals surface area contributed by atoms with E-state index in [-0.39, 0.29) is 5.91 Å². The van der Waals surface area contributed by atoms with Gasteiger partial charge in [-0.05, 0) is 37.3 Å². The normalized spacial score (nSPS) is 10.5. The maximum absolute atomic E-state index is 12.4. The van der Waals surface area contributed by atoms with Crippen molar-refractivity contribution in [1.82, 2.24) is 19.7 Å². The van der Waals surface area contributed by atoms with Gasteiger partial charge in [-0.2, -0.15) is 5.10 Å². The Morgan fingerprint density at radius 3 is 2.80 bits per heavy atom. The largest absolute Gasteiger partial charge is 0.382 e. The Morgan fingerprint density at radius 2 is 2.08 bits per heavy atom. The van der Waals surface area contributed by atoms with Gasteiger partial charge in [0.25, 0.3) is 5.91 Å². The van der Waals surface area contributed by atoms with Crippen LogP contribution in [0.5, 0.6) is 0 Å². The van der Waals surface area contributed by atoms with Gasteiger partial charge >= 0.3 is 0 Å². The Kier molecular flexibility index (Phi) is 4.60. The van der Waals surface area contributed by atoms with Crippen LogP contribution < -0.4 is 16.4 Å². The summed E-state index contributed by atoms with van der Waals surface area (Å²) in [5.74, 6) is 0.211. The van der Waals surface area contributed by atoms with Gasteiger partial charge in [-0.15, -0.1) is 0 Å². The Labute approximate surface area is 145 Å². The molecule has 0 saturated heterocycles. The molecule has 0 aliphatic heterocycles. The van der Waals surface area contributed by atoms with Crippen LogP contribution in [0, 0.1) is 6.92 Å². The molecule has 0 aliphatic carbocycles. The lowest BCUT2D eigenvalue weighted by atomic mass is 10.2. The molecule has 0 aliphatic rings. The molecular formula is C17H19N7O. The molecule has 4 N–H and O–H groups in total. The van der Waals surface area contributed by atoms with Crippen molar-refractivity contribution in [1.29, 1.82) is 0 Å². The molecule has 3 aromatic heterocycles. The number of carbonyl (C=O) groups excluding carboxylic acids is 1. The molecule has 0 fully saturated rings. The number of carbonyl (C=O) groups is 1. The van der Waals surface area contributed by atoms with E-state index < -0.39 is 0 Å². The number of aromatic nitrogens is 4. The molecule has 0 atom stereocenters. The van der Waals surface area contributed by atoms with Gasteiger partial charge in [0.05, 0.1) is 23.6 Å². The maximum Gasteiger partial charge on any atom is 0.273 e. The molecule has 3 aromatic rings. The van der Waals surface area contributed by atoms with Crippen molar-refractivity contribution in [2.45, 2.75) is 13.5 Å². The number of nitrogens with two attached hydrogens (primary N) is 1. The Balaban J connectivity index is 1.68. The molecule has 0 spiro atoms. The molecule has 0 aromatic carbocycles. The number of aryl methyl sites for hydroxylation is 2. The number of rotatable bonds is 5. The summed E-state index contributed by atoms with van der Waals surface area (Å²) in [5, 5.41) is 10.2. The molecule has 0 saturated carbocycles. The van der Waals surface area contributed by atoms with Gasteiger partial charge < -0.3 is 16.4 Å². The van der Waals surface area contributed by atoms with E-state index in [4.69, 9.17) is 5.73 Å². The summed E-state index contributed by atoms with van der Waals surface area (Å²) in [5.41, 5.74) is 9.26. The number of amides is 1. The highest BCUT2D eigenvalue weighted by atomic mass is 16.2. The first-order chi connectivity index (χ1) is 12.0. The lowest BCUT2D eigenvalue weighted by Crippen LogP contribution is -2.16. The monoisotopic (exact) mass is 337 g/mol. The van der Waals surface area contributed by atoms with E-state index >= 15 is 0 Å². The number of nitrogens with one attached hydrogen (secondary N) is 2. The van der Waals surface area contributed by atoms with E-state index in [2.05, 4.69) is 25.7 Å². The van der Waals surface area contributed by atoms with Crippen LogP contribution in [-0.2, 0) is 13.6 Å². The number of hydrogen-bond donors (Lipinski definition) is 3. The second-order valence-electron chi connectivity index (χ2n) is 5.57. The van der Waals surface area contributed by atoms with Gasteiger partial charge in [0.2, 0.25) is 0 Å². The first-order valence-electron chi connectivity index (χ1n) is 7.74. The molecule has 3 rings (SSSR count). The van der Waals surface area contributed by atoms with Crippen molar-refractivity contribution in [3.05, 3.63) is 59.8 Å². The number of pyridine rings is 2. The van der Waals surface area contributed by atoms with Gasteiger partial charge in [0, 0.05) is 25.1 Å². The van der Waals surface area contributed by atoms with Crippen LogP contribution >= 0.6 is 0 Å². The molecule has 128 valence electrons. The predicted molar refractivity (Wildman–Crippen MR) is 96.1 cm³/mol. The first-order valence-corrected chi connectivity index (χ1v) is 7.74. The molecule has 3 heterocycles. The SMILES string of the molecule is Cc1cc(C(=O)Nc2ccnc(CNc3cccnc3N)c2)n(C)n1. The van der Waals surface area contributed by atoms with E-state index in [9.17, 15) is 4.79 Å². The summed E-state index contributed by atoms with van der Waals surface area (Å²) in [6.45, 7) is 2.31. The Bertz CT molecular complexity index is 904. The fourth-order valence-electron chi connectivity index (χ4n) is 2.42. The Morgan fingerprint density at radius 1 is 1.24 bits per heavy atom. The molecule has 1 amide bonds. The third-order valence-corrected chi connectivity index (χ3v) is 3.61. The number of hydrogen-bond acceptors (Lipinski definition) is 6. The van der Waals surface area contributed by atoms with E-state index in [0.29, 0.717) is 23.7 Å². The van der Waals surface area contributed by atoms with Gasteiger partial charge in [-0.25, -0.2) is 4.98 Å². The molecule has 8 nitrogen and oxygen atoms in total. The minimum Gasteiger partial charge on any atom is -0.382 e. The Hall–Kier alpha value is -3.42. The maximum atomic E-state index is 12.4. The van der Waals surface area contributed by atoms with E-state index in [1.165, 1.54) is 0 Å². The summed E-state index contributed by atoms with van der Waals surface area (Å²) in [6.07, 6.45) is 3.28. The average Bonchev–Trinajstić information content (AvgIpc) is 2.93. The topological polar surface area (TPSA) is 111 Å². The average molecular weight is 337 g/mol. The zero-order chi connectivity index (χ0) is 17.8. The van der Waals surface area contributed by atoms with Crippen molar-refractivity contribution in [3.8, 4) is 0 Å². The quantitative estimate of drug-likeness (QED) is 0.656. The minimum atomic E-state index is -0.218. The first kappa shape index (κ1) is 16.4. The van der Waals surface area contributed by atoms with Gasteiger partial charge in [0.15, 0.2) is 0 Å². The van der Waals surface area contributed by atoms with Crippen LogP contribution in [-0.4, -0.2) is 25.7 Å². The zero-order valence-electron chi connectivity index (χ0n) is 14.0. The summed E-state index contributed by atoms with van der Waals surface area (Å²) >= 11 is 0. The van der Waals surface area contributed by atoms with Crippen LogP contribution in [0.3, 0.4) is 0 Å². The molecule has 25 heavy (non-hydrogen) atoms. The van der Waals surface area contributed by atoms with Crippen molar-refractivity contribution >= 4 is 23.1 Å². The minimum absolute atomic E-state index is 0.218. The molecule has 0 bridgehead atoms. The number of nitrogens with zero attached hydrogens (tertiary/aromatic N) is 4. The van der Waals surface area contributed by atoms with Crippen molar-refractivity contribution in [2.24, 2.45) is 7.05 Å². The molecular weight excluding hydrogens is 318 g/mol. The smallest absolute Gasteiger partial charge is 0.273 e. The fourth-order valence-corrected chi connectivity index (χ4v) is 2.42. The molecule has 8 heteroatoms. The number of anilines is 3. The zero-order valence-corrected chi connectivity index (χ0v) is 14.0. The van der Waals surface area contributed by atoms with Crippen LogP contribution in [0.2, 0.25) is 0 Å². The van der Waals surface area contributed by atoms with Gasteiger partial charge in [0.1, 0.15) is 11.5 Å². The van der Waals surface area contributed by atoms with E-state index in [0.717, 1.165) is 17.1 Å². The molecule has 0 radical (unpaired) electrons. The number of nitrogen functional groups attached to an aromatic ring is 1. The van der Waals surface area contributed by atoms with Crippen LogP contribution in [0.1, 0.15) is 21.9 Å². The van der Waals surface area contributed by atoms with Gasteiger partial charge in [-0.1, -0.05) is 0 Å². The summed E-state index contributed by atoms with van der Waals surface area (Å²) in [6, 6.07) is 8.94. The second kappa shape index (κ2) is 7.00. The van der Waals surface area contributed by atoms with Crippen molar-refractivity contribution in [3.63, 3.8) is 0 Å². The van der Waals surface area contributed by atoms with Crippen LogP contribution in [0.25, 0.3) is 0 Å². The van der Waals surface area contributed by atoms with Crippen LogP contribution in [0.4, 0.5) is 17.2 Å².